The van der Waals surface area contributed by atoms with Gasteiger partial charge < -0.3 is 0 Å². The summed E-state index contributed by atoms with van der Waals surface area (Å²) in [5.41, 5.74) is 0.576. The smallest absolute Gasteiger partial charge is 0.184 e. The molecule has 5 heteroatoms. The number of aromatic amines is 1. The molecule has 0 aliphatic rings. The zero-order chi connectivity index (χ0) is 11.0. The van der Waals surface area contributed by atoms with Crippen LogP contribution in [0.25, 0.3) is 11.4 Å². The molecule has 0 unspecified atom stereocenters. The van der Waals surface area contributed by atoms with E-state index in [2.05, 4.69) is 15.2 Å². The molecule has 0 saturated carbocycles. The van der Waals surface area contributed by atoms with Crippen LogP contribution in [0, 0.1) is 25.5 Å². The van der Waals surface area contributed by atoms with Crippen molar-refractivity contribution in [3.05, 3.63) is 35.2 Å². The Morgan fingerprint density at radius 1 is 1.13 bits per heavy atom. The fourth-order valence-corrected chi connectivity index (χ4v) is 1.29. The van der Waals surface area contributed by atoms with Crippen molar-refractivity contribution in [3.63, 3.8) is 0 Å². The molecular formula is C10H9F2N3. The van der Waals surface area contributed by atoms with Crippen molar-refractivity contribution in [3.8, 4) is 11.4 Å². The molecular weight excluding hydrogens is 200 g/mol. The van der Waals surface area contributed by atoms with Gasteiger partial charge in [0.1, 0.15) is 17.5 Å². The van der Waals surface area contributed by atoms with E-state index in [1.807, 2.05) is 0 Å². The number of aryl methyl sites for hydroxylation is 2. The highest BCUT2D eigenvalue weighted by Gasteiger charge is 2.12. The summed E-state index contributed by atoms with van der Waals surface area (Å²) in [6.07, 6.45) is 0. The molecule has 1 heterocycles. The molecule has 3 nitrogen and oxygen atoms in total. The van der Waals surface area contributed by atoms with Crippen molar-refractivity contribution in [1.29, 1.82) is 0 Å². The summed E-state index contributed by atoms with van der Waals surface area (Å²) in [5.74, 6) is -0.389. The van der Waals surface area contributed by atoms with Crippen LogP contribution in [-0.2, 0) is 0 Å². The van der Waals surface area contributed by atoms with Crippen molar-refractivity contribution in [2.75, 3.05) is 0 Å². The normalized spacial score (nSPS) is 10.7. The van der Waals surface area contributed by atoms with E-state index in [9.17, 15) is 8.78 Å². The van der Waals surface area contributed by atoms with Gasteiger partial charge in [0.2, 0.25) is 0 Å². The fraction of sp³-hybridized carbons (Fsp3) is 0.200. The summed E-state index contributed by atoms with van der Waals surface area (Å²) < 4.78 is 26.4. The van der Waals surface area contributed by atoms with E-state index in [1.165, 1.54) is 6.07 Å². The second kappa shape index (κ2) is 3.42. The predicted molar refractivity (Wildman–Crippen MR) is 51.2 cm³/mol. The van der Waals surface area contributed by atoms with E-state index in [0.717, 1.165) is 6.07 Å². The molecule has 0 aliphatic heterocycles. The van der Waals surface area contributed by atoms with Gasteiger partial charge in [-0.3, -0.25) is 5.10 Å². The van der Waals surface area contributed by atoms with Crippen molar-refractivity contribution in [2.45, 2.75) is 13.8 Å². The topological polar surface area (TPSA) is 41.6 Å². The van der Waals surface area contributed by atoms with Crippen molar-refractivity contribution in [1.82, 2.24) is 15.2 Å². The highest BCUT2D eigenvalue weighted by atomic mass is 19.1. The average Bonchev–Trinajstić information content (AvgIpc) is 2.58. The van der Waals surface area contributed by atoms with Crippen LogP contribution < -0.4 is 0 Å². The molecule has 15 heavy (non-hydrogen) atoms. The van der Waals surface area contributed by atoms with Crippen molar-refractivity contribution < 1.29 is 8.78 Å². The zero-order valence-corrected chi connectivity index (χ0v) is 8.31. The molecule has 0 spiro atoms. The number of hydrogen-bond donors (Lipinski definition) is 1. The van der Waals surface area contributed by atoms with E-state index in [1.54, 1.807) is 13.8 Å². The highest BCUT2D eigenvalue weighted by molar-refractivity contribution is 5.56. The first kappa shape index (κ1) is 9.76. The number of benzene rings is 1. The van der Waals surface area contributed by atoms with Crippen molar-refractivity contribution >= 4 is 0 Å². The lowest BCUT2D eigenvalue weighted by Gasteiger charge is -2.01. The van der Waals surface area contributed by atoms with Crippen LogP contribution in [0.3, 0.4) is 0 Å². The molecule has 0 saturated heterocycles. The number of hydrogen-bond acceptors (Lipinski definition) is 2. The molecule has 0 fully saturated rings. The Balaban J connectivity index is 2.58. The fourth-order valence-electron chi connectivity index (χ4n) is 1.29. The van der Waals surface area contributed by atoms with Gasteiger partial charge in [-0.15, -0.1) is 0 Å². The van der Waals surface area contributed by atoms with Crippen molar-refractivity contribution in [2.24, 2.45) is 0 Å². The first-order valence-corrected chi connectivity index (χ1v) is 4.43. The Morgan fingerprint density at radius 2 is 1.87 bits per heavy atom. The van der Waals surface area contributed by atoms with Gasteiger partial charge >= 0.3 is 0 Å². The number of nitrogens with one attached hydrogen (secondary N) is 1. The molecule has 1 aromatic carbocycles. The van der Waals surface area contributed by atoms with Gasteiger partial charge in [-0.05, 0) is 25.5 Å². The van der Waals surface area contributed by atoms with Gasteiger partial charge in [-0.25, -0.2) is 13.8 Å². The molecule has 1 N–H and O–H groups in total. The quantitative estimate of drug-likeness (QED) is 0.783. The minimum absolute atomic E-state index is 0.207. The van der Waals surface area contributed by atoms with Crippen LogP contribution >= 0.6 is 0 Å². The molecule has 0 radical (unpaired) electrons. The Bertz CT molecular complexity index is 505. The molecule has 78 valence electrons. The first-order chi connectivity index (χ1) is 7.08. The maximum Gasteiger partial charge on any atom is 0.184 e. The first-order valence-electron chi connectivity index (χ1n) is 4.43. The summed E-state index contributed by atoms with van der Waals surface area (Å²) >= 11 is 0. The zero-order valence-electron chi connectivity index (χ0n) is 8.31. The monoisotopic (exact) mass is 209 g/mol. The Labute approximate surface area is 85.2 Å². The summed E-state index contributed by atoms with van der Waals surface area (Å²) in [7, 11) is 0. The van der Waals surface area contributed by atoms with E-state index < -0.39 is 11.6 Å². The van der Waals surface area contributed by atoms with Gasteiger partial charge in [0.15, 0.2) is 5.82 Å². The van der Waals surface area contributed by atoms with Crippen LogP contribution in [0.2, 0.25) is 0 Å². The lowest BCUT2D eigenvalue weighted by atomic mass is 10.1. The molecule has 0 aliphatic carbocycles. The highest BCUT2D eigenvalue weighted by Crippen LogP contribution is 2.22. The summed E-state index contributed by atoms with van der Waals surface area (Å²) in [5, 5.41) is 6.43. The molecule has 2 aromatic rings. The average molecular weight is 209 g/mol. The van der Waals surface area contributed by atoms with Crippen LogP contribution in [-0.4, -0.2) is 15.2 Å². The molecule has 1 aromatic heterocycles. The molecule has 0 amide bonds. The minimum atomic E-state index is -0.655. The number of H-pyrrole nitrogens is 1. The molecule has 0 atom stereocenters. The second-order valence-electron chi connectivity index (χ2n) is 3.33. The SMILES string of the molecule is Cc1nc(-c2cc(C)c(F)cc2F)n[nH]1. The summed E-state index contributed by atoms with van der Waals surface area (Å²) in [6.45, 7) is 3.28. The van der Waals surface area contributed by atoms with Gasteiger partial charge in [-0.1, -0.05) is 0 Å². The Morgan fingerprint density at radius 3 is 2.47 bits per heavy atom. The standard InChI is InChI=1S/C10H9F2N3/c1-5-3-7(9(12)4-8(5)11)10-13-6(2)14-15-10/h3-4H,1-2H3,(H,13,14,15). The van der Waals surface area contributed by atoms with Crippen LogP contribution in [0.4, 0.5) is 8.78 Å². The summed E-state index contributed by atoms with van der Waals surface area (Å²) in [6, 6.07) is 2.24. The maximum absolute atomic E-state index is 13.4. The van der Waals surface area contributed by atoms with E-state index in [0.29, 0.717) is 11.4 Å². The van der Waals surface area contributed by atoms with Crippen LogP contribution in [0.5, 0.6) is 0 Å². The van der Waals surface area contributed by atoms with E-state index in [-0.39, 0.29) is 11.4 Å². The Kier molecular flexibility index (Phi) is 2.22. The minimum Gasteiger partial charge on any atom is -0.263 e. The lowest BCUT2D eigenvalue weighted by Crippen LogP contribution is -1.91. The summed E-state index contributed by atoms with van der Waals surface area (Å²) in [4.78, 5) is 3.98. The van der Waals surface area contributed by atoms with Gasteiger partial charge in [0, 0.05) is 6.07 Å². The predicted octanol–water partition coefficient (Wildman–Crippen LogP) is 2.37. The largest absolute Gasteiger partial charge is 0.263 e. The number of halogens is 2. The number of aromatic nitrogens is 3. The Hall–Kier alpha value is -1.78. The van der Waals surface area contributed by atoms with Gasteiger partial charge in [0.25, 0.3) is 0 Å². The second-order valence-corrected chi connectivity index (χ2v) is 3.33. The van der Waals surface area contributed by atoms with Gasteiger partial charge in [-0.2, -0.15) is 5.10 Å². The number of nitrogens with zero attached hydrogens (tertiary/aromatic N) is 2. The number of rotatable bonds is 1. The maximum atomic E-state index is 13.4. The van der Waals surface area contributed by atoms with Crippen LogP contribution in [0.15, 0.2) is 12.1 Å². The molecule has 2 rings (SSSR count). The van der Waals surface area contributed by atoms with E-state index in [4.69, 9.17) is 0 Å². The van der Waals surface area contributed by atoms with Gasteiger partial charge in [0.05, 0.1) is 5.56 Å². The third-order valence-electron chi connectivity index (χ3n) is 2.09. The third-order valence-corrected chi connectivity index (χ3v) is 2.09. The molecule has 0 bridgehead atoms. The van der Waals surface area contributed by atoms with Crippen LogP contribution in [0.1, 0.15) is 11.4 Å². The third kappa shape index (κ3) is 1.72. The lowest BCUT2D eigenvalue weighted by molar-refractivity contribution is 0.579. The van der Waals surface area contributed by atoms with E-state index >= 15 is 0 Å².